The molecule has 28 heavy (non-hydrogen) atoms. The zero-order chi connectivity index (χ0) is 18.8. The third-order valence-corrected chi connectivity index (χ3v) is 5.34. The standard InChI is InChI=1S/C22H23N5O/c1-2-7-18(8-3-1)27-11-9-19-20(16-17-6-4-5-10-23-17)24-22(25-21(19)27)26-12-14-28-15-13-26/h1-8,10H,9,11-16H2. The zero-order valence-electron chi connectivity index (χ0n) is 15.8. The average molecular weight is 373 g/mol. The molecule has 6 heteroatoms. The van der Waals surface area contributed by atoms with Crippen LogP contribution in [0.3, 0.4) is 0 Å². The first kappa shape index (κ1) is 17.1. The highest BCUT2D eigenvalue weighted by molar-refractivity contribution is 5.68. The number of pyridine rings is 1. The number of hydrogen-bond donors (Lipinski definition) is 0. The van der Waals surface area contributed by atoms with Gasteiger partial charge in [0.25, 0.3) is 0 Å². The van der Waals surface area contributed by atoms with Gasteiger partial charge in [-0.25, -0.2) is 4.98 Å². The average Bonchev–Trinajstić information content (AvgIpc) is 3.20. The van der Waals surface area contributed by atoms with Crippen LogP contribution in [-0.4, -0.2) is 47.8 Å². The molecule has 0 amide bonds. The van der Waals surface area contributed by atoms with Gasteiger partial charge in [-0.1, -0.05) is 24.3 Å². The molecule has 0 spiro atoms. The second-order valence-electron chi connectivity index (χ2n) is 7.11. The topological polar surface area (TPSA) is 54.4 Å². The summed E-state index contributed by atoms with van der Waals surface area (Å²) in [6.45, 7) is 4.02. The van der Waals surface area contributed by atoms with Crippen LogP contribution in [0.25, 0.3) is 0 Å². The van der Waals surface area contributed by atoms with Crippen LogP contribution in [0, 0.1) is 0 Å². The summed E-state index contributed by atoms with van der Waals surface area (Å²) in [5.41, 5.74) is 4.54. The fraction of sp³-hybridized carbons (Fsp3) is 0.318. The fourth-order valence-corrected chi connectivity index (χ4v) is 3.90. The molecule has 1 aromatic carbocycles. The second kappa shape index (κ2) is 7.56. The Balaban J connectivity index is 1.57. The molecule has 0 unspecified atom stereocenters. The van der Waals surface area contributed by atoms with Crippen molar-refractivity contribution in [1.82, 2.24) is 15.0 Å². The van der Waals surface area contributed by atoms with E-state index in [0.717, 1.165) is 68.8 Å². The van der Waals surface area contributed by atoms with Gasteiger partial charge in [-0.05, 0) is 30.7 Å². The third-order valence-electron chi connectivity index (χ3n) is 5.34. The van der Waals surface area contributed by atoms with E-state index in [4.69, 9.17) is 14.7 Å². The van der Waals surface area contributed by atoms with Crippen molar-refractivity contribution in [3.63, 3.8) is 0 Å². The van der Waals surface area contributed by atoms with E-state index in [0.29, 0.717) is 0 Å². The number of ether oxygens (including phenoxy) is 1. The van der Waals surface area contributed by atoms with E-state index >= 15 is 0 Å². The summed E-state index contributed by atoms with van der Waals surface area (Å²) in [5.74, 6) is 1.84. The molecule has 142 valence electrons. The van der Waals surface area contributed by atoms with Gasteiger partial charge < -0.3 is 14.5 Å². The van der Waals surface area contributed by atoms with Gasteiger partial charge in [-0.2, -0.15) is 4.98 Å². The van der Waals surface area contributed by atoms with Crippen LogP contribution >= 0.6 is 0 Å². The molecule has 2 aliphatic rings. The van der Waals surface area contributed by atoms with E-state index in [1.807, 2.05) is 24.4 Å². The Morgan fingerprint density at radius 3 is 2.50 bits per heavy atom. The maximum Gasteiger partial charge on any atom is 0.227 e. The number of nitrogens with zero attached hydrogens (tertiary/aromatic N) is 5. The summed E-state index contributed by atoms with van der Waals surface area (Å²) in [6, 6.07) is 16.5. The number of hydrogen-bond acceptors (Lipinski definition) is 6. The lowest BCUT2D eigenvalue weighted by Crippen LogP contribution is -2.37. The Labute approximate surface area is 164 Å². The van der Waals surface area contributed by atoms with E-state index in [1.165, 1.54) is 11.3 Å². The normalized spacial score (nSPS) is 16.3. The van der Waals surface area contributed by atoms with Crippen molar-refractivity contribution in [3.8, 4) is 0 Å². The minimum atomic E-state index is 0.721. The van der Waals surface area contributed by atoms with Gasteiger partial charge in [0.15, 0.2) is 0 Å². The molecule has 0 atom stereocenters. The van der Waals surface area contributed by atoms with Crippen molar-refractivity contribution in [2.75, 3.05) is 42.6 Å². The highest BCUT2D eigenvalue weighted by Crippen LogP contribution is 2.36. The predicted molar refractivity (Wildman–Crippen MR) is 109 cm³/mol. The summed E-state index contributed by atoms with van der Waals surface area (Å²) in [4.78, 5) is 19.0. The molecule has 3 aromatic rings. The number of rotatable bonds is 4. The minimum absolute atomic E-state index is 0.721. The molecule has 1 saturated heterocycles. The molecule has 2 aliphatic heterocycles. The monoisotopic (exact) mass is 373 g/mol. The van der Waals surface area contributed by atoms with Crippen LogP contribution in [-0.2, 0) is 17.6 Å². The largest absolute Gasteiger partial charge is 0.378 e. The zero-order valence-corrected chi connectivity index (χ0v) is 15.8. The lowest BCUT2D eigenvalue weighted by atomic mass is 10.1. The summed E-state index contributed by atoms with van der Waals surface area (Å²) < 4.78 is 5.51. The number of fused-ring (bicyclic) bond motifs is 1. The quantitative estimate of drug-likeness (QED) is 0.701. The van der Waals surface area contributed by atoms with Crippen molar-refractivity contribution in [1.29, 1.82) is 0 Å². The van der Waals surface area contributed by atoms with Crippen LogP contribution < -0.4 is 9.80 Å². The molecule has 1 fully saturated rings. The summed E-state index contributed by atoms with van der Waals surface area (Å²) >= 11 is 0. The molecule has 0 saturated carbocycles. The molecular weight excluding hydrogens is 350 g/mol. The van der Waals surface area contributed by atoms with Gasteiger partial charge in [0.1, 0.15) is 5.82 Å². The van der Waals surface area contributed by atoms with Crippen molar-refractivity contribution < 1.29 is 4.74 Å². The van der Waals surface area contributed by atoms with Crippen LogP contribution in [0.2, 0.25) is 0 Å². The number of aromatic nitrogens is 3. The van der Waals surface area contributed by atoms with Gasteiger partial charge in [0, 0.05) is 49.2 Å². The molecule has 0 bridgehead atoms. The first-order valence-corrected chi connectivity index (χ1v) is 9.83. The van der Waals surface area contributed by atoms with Gasteiger partial charge in [-0.15, -0.1) is 0 Å². The molecule has 5 rings (SSSR count). The van der Waals surface area contributed by atoms with E-state index in [2.05, 4.69) is 45.1 Å². The van der Waals surface area contributed by atoms with E-state index in [1.54, 1.807) is 0 Å². The first-order chi connectivity index (χ1) is 13.9. The van der Waals surface area contributed by atoms with E-state index < -0.39 is 0 Å². The van der Waals surface area contributed by atoms with Gasteiger partial charge >= 0.3 is 0 Å². The maximum atomic E-state index is 5.51. The maximum absolute atomic E-state index is 5.51. The number of morpholine rings is 1. The lowest BCUT2D eigenvalue weighted by molar-refractivity contribution is 0.122. The Bertz CT molecular complexity index is 942. The summed E-state index contributed by atoms with van der Waals surface area (Å²) in [6.07, 6.45) is 3.53. The third kappa shape index (κ3) is 3.31. The van der Waals surface area contributed by atoms with E-state index in [9.17, 15) is 0 Å². The smallest absolute Gasteiger partial charge is 0.227 e. The highest BCUT2D eigenvalue weighted by atomic mass is 16.5. The number of benzene rings is 1. The number of para-hydroxylation sites is 1. The molecule has 0 N–H and O–H groups in total. The van der Waals surface area contributed by atoms with E-state index in [-0.39, 0.29) is 0 Å². The predicted octanol–water partition coefficient (Wildman–Crippen LogP) is 2.99. The van der Waals surface area contributed by atoms with Gasteiger partial charge in [-0.3, -0.25) is 4.98 Å². The van der Waals surface area contributed by atoms with Crippen molar-refractivity contribution >= 4 is 17.5 Å². The molecule has 0 radical (unpaired) electrons. The van der Waals surface area contributed by atoms with Gasteiger partial charge in [0.05, 0.1) is 18.9 Å². The Hall–Kier alpha value is -2.99. The molecule has 2 aromatic heterocycles. The van der Waals surface area contributed by atoms with Crippen molar-refractivity contribution in [2.45, 2.75) is 12.8 Å². The summed E-state index contributed by atoms with van der Waals surface area (Å²) in [5, 5.41) is 0. The molecule has 6 nitrogen and oxygen atoms in total. The summed E-state index contributed by atoms with van der Waals surface area (Å²) in [7, 11) is 0. The lowest BCUT2D eigenvalue weighted by Gasteiger charge is -2.28. The Kier molecular flexibility index (Phi) is 4.62. The Morgan fingerprint density at radius 2 is 1.71 bits per heavy atom. The number of anilines is 3. The van der Waals surface area contributed by atoms with Crippen LogP contribution in [0.1, 0.15) is 17.0 Å². The van der Waals surface area contributed by atoms with Crippen molar-refractivity contribution in [2.24, 2.45) is 0 Å². The Morgan fingerprint density at radius 1 is 0.893 bits per heavy atom. The highest BCUT2D eigenvalue weighted by Gasteiger charge is 2.28. The first-order valence-electron chi connectivity index (χ1n) is 9.83. The molecule has 0 aliphatic carbocycles. The minimum Gasteiger partial charge on any atom is -0.378 e. The second-order valence-corrected chi connectivity index (χ2v) is 7.11. The van der Waals surface area contributed by atoms with Crippen LogP contribution in [0.15, 0.2) is 54.7 Å². The van der Waals surface area contributed by atoms with Crippen LogP contribution in [0.4, 0.5) is 17.5 Å². The molecule has 4 heterocycles. The van der Waals surface area contributed by atoms with Crippen molar-refractivity contribution in [3.05, 3.63) is 71.7 Å². The van der Waals surface area contributed by atoms with Gasteiger partial charge in [0.2, 0.25) is 5.95 Å². The molecular formula is C22H23N5O. The SMILES string of the molecule is c1ccc(N2CCc3c(Cc4ccccn4)nc(N4CCOCC4)nc32)cc1. The van der Waals surface area contributed by atoms with Crippen LogP contribution in [0.5, 0.6) is 0 Å². The fourth-order valence-electron chi connectivity index (χ4n) is 3.90.